The van der Waals surface area contributed by atoms with Crippen molar-refractivity contribution in [3.63, 3.8) is 0 Å². The molecular formula is C23H26ClN5O2S. The molecule has 0 aliphatic rings. The molecule has 168 valence electrons. The molecule has 4 rings (SSSR count). The number of fused-ring (bicyclic) bond motifs is 2. The largest absolute Gasteiger partial charge is 0.494 e. The number of aryl methyl sites for hydroxylation is 1. The van der Waals surface area contributed by atoms with E-state index in [9.17, 15) is 4.79 Å². The lowest BCUT2D eigenvalue weighted by molar-refractivity contribution is 0.0981. The van der Waals surface area contributed by atoms with Crippen LogP contribution in [0.3, 0.4) is 0 Å². The first-order valence-corrected chi connectivity index (χ1v) is 10.9. The molecule has 2 aromatic carbocycles. The number of benzene rings is 2. The Morgan fingerprint density at radius 3 is 2.53 bits per heavy atom. The van der Waals surface area contributed by atoms with Gasteiger partial charge < -0.3 is 9.64 Å². The second-order valence-electron chi connectivity index (χ2n) is 7.62. The molecule has 7 nitrogen and oxygen atoms in total. The van der Waals surface area contributed by atoms with Crippen LogP contribution in [0, 0.1) is 6.92 Å². The number of hydrogen-bond acceptors (Lipinski definition) is 7. The summed E-state index contributed by atoms with van der Waals surface area (Å²) in [6.07, 6.45) is 2.36. The summed E-state index contributed by atoms with van der Waals surface area (Å²) in [5, 5.41) is 0.640. The molecule has 0 radical (unpaired) electrons. The Hall–Kier alpha value is -2.81. The molecule has 0 saturated heterocycles. The monoisotopic (exact) mass is 471 g/mol. The van der Waals surface area contributed by atoms with Gasteiger partial charge in [0.2, 0.25) is 0 Å². The molecule has 2 aromatic heterocycles. The number of amides is 1. The molecule has 0 bridgehead atoms. The summed E-state index contributed by atoms with van der Waals surface area (Å²) in [6.45, 7) is 3.43. The van der Waals surface area contributed by atoms with Gasteiger partial charge in [-0.05, 0) is 57.7 Å². The van der Waals surface area contributed by atoms with E-state index in [0.29, 0.717) is 28.6 Å². The van der Waals surface area contributed by atoms with Gasteiger partial charge in [-0.3, -0.25) is 14.7 Å². The summed E-state index contributed by atoms with van der Waals surface area (Å²) in [4.78, 5) is 31.1. The van der Waals surface area contributed by atoms with Crippen molar-refractivity contribution in [2.45, 2.75) is 13.3 Å². The molecule has 0 atom stereocenters. The van der Waals surface area contributed by atoms with Crippen molar-refractivity contribution in [1.29, 1.82) is 0 Å². The number of rotatable bonds is 7. The van der Waals surface area contributed by atoms with Gasteiger partial charge in [-0.1, -0.05) is 29.5 Å². The van der Waals surface area contributed by atoms with Crippen molar-refractivity contribution in [3.05, 3.63) is 53.9 Å². The molecule has 0 N–H and O–H groups in total. The number of ether oxygens (including phenoxy) is 1. The minimum Gasteiger partial charge on any atom is -0.494 e. The molecule has 4 aromatic rings. The normalized spacial score (nSPS) is 11.0. The lowest BCUT2D eigenvalue weighted by atomic mass is 10.2. The maximum Gasteiger partial charge on any atom is 0.280 e. The highest BCUT2D eigenvalue weighted by Crippen LogP contribution is 2.36. The predicted molar refractivity (Wildman–Crippen MR) is 133 cm³/mol. The first-order chi connectivity index (χ1) is 15.0. The first-order valence-electron chi connectivity index (χ1n) is 10.1. The fourth-order valence-corrected chi connectivity index (χ4v) is 4.48. The number of carbonyl (C=O) groups excluding carboxylic acids is 1. The standard InChI is InChI=1S/C23H25N5O2S.ClH/c1-15-10-11-19(30-4)20-21(15)31-23(26-20)28(13-7-12-27(2)3)22(29)18-14-24-16-8-5-6-9-17(16)25-18;/h5-6,8-11,14H,7,12-13H2,1-4H3;1H. The SMILES string of the molecule is COc1ccc(C)c2sc(N(CCCN(C)C)C(=O)c3cnc4ccccc4n3)nc12.Cl. The zero-order chi connectivity index (χ0) is 22.0. The minimum absolute atomic E-state index is 0. The summed E-state index contributed by atoms with van der Waals surface area (Å²) < 4.78 is 6.51. The van der Waals surface area contributed by atoms with Gasteiger partial charge in [0.1, 0.15) is 17.0 Å². The van der Waals surface area contributed by atoms with Gasteiger partial charge in [-0.2, -0.15) is 0 Å². The maximum absolute atomic E-state index is 13.5. The zero-order valence-corrected chi connectivity index (χ0v) is 20.2. The van der Waals surface area contributed by atoms with Crippen molar-refractivity contribution in [2.75, 3.05) is 39.2 Å². The number of thiazole rings is 1. The molecule has 0 unspecified atom stereocenters. The van der Waals surface area contributed by atoms with Crippen LogP contribution in [0.25, 0.3) is 21.3 Å². The second kappa shape index (κ2) is 10.2. The Labute approximate surface area is 197 Å². The van der Waals surface area contributed by atoms with Crippen LogP contribution in [-0.2, 0) is 0 Å². The van der Waals surface area contributed by atoms with Crippen LogP contribution in [0.15, 0.2) is 42.6 Å². The number of anilines is 1. The Morgan fingerprint density at radius 2 is 1.81 bits per heavy atom. The number of nitrogens with zero attached hydrogens (tertiary/aromatic N) is 5. The highest BCUT2D eigenvalue weighted by Gasteiger charge is 2.24. The van der Waals surface area contributed by atoms with Gasteiger partial charge in [0.05, 0.1) is 29.0 Å². The van der Waals surface area contributed by atoms with Gasteiger partial charge in [0.25, 0.3) is 5.91 Å². The van der Waals surface area contributed by atoms with Crippen molar-refractivity contribution in [2.24, 2.45) is 0 Å². The average molecular weight is 472 g/mol. The third-order valence-electron chi connectivity index (χ3n) is 5.04. The number of hydrogen-bond donors (Lipinski definition) is 0. The van der Waals surface area contributed by atoms with Gasteiger partial charge in [0.15, 0.2) is 5.13 Å². The van der Waals surface area contributed by atoms with Crippen LogP contribution in [0.2, 0.25) is 0 Å². The number of halogens is 1. The van der Waals surface area contributed by atoms with Crippen LogP contribution in [0.5, 0.6) is 5.75 Å². The zero-order valence-electron chi connectivity index (χ0n) is 18.5. The number of aromatic nitrogens is 3. The second-order valence-corrected chi connectivity index (χ2v) is 8.59. The average Bonchev–Trinajstić information content (AvgIpc) is 3.22. The third kappa shape index (κ3) is 4.82. The summed E-state index contributed by atoms with van der Waals surface area (Å²) in [6, 6.07) is 11.5. The number of methoxy groups -OCH3 is 1. The molecule has 2 heterocycles. The molecule has 1 amide bonds. The van der Waals surface area contributed by atoms with E-state index in [2.05, 4.69) is 14.9 Å². The molecule has 0 spiro atoms. The summed E-state index contributed by atoms with van der Waals surface area (Å²) in [7, 11) is 5.67. The van der Waals surface area contributed by atoms with Gasteiger partial charge >= 0.3 is 0 Å². The lowest BCUT2D eigenvalue weighted by Gasteiger charge is -2.20. The number of para-hydroxylation sites is 2. The number of carbonyl (C=O) groups is 1. The van der Waals surface area contributed by atoms with Crippen LogP contribution in [0.1, 0.15) is 22.5 Å². The van der Waals surface area contributed by atoms with Crippen molar-refractivity contribution in [1.82, 2.24) is 19.9 Å². The Morgan fingerprint density at radius 1 is 1.06 bits per heavy atom. The van der Waals surface area contributed by atoms with Crippen LogP contribution in [0.4, 0.5) is 5.13 Å². The van der Waals surface area contributed by atoms with E-state index in [-0.39, 0.29) is 18.3 Å². The predicted octanol–water partition coefficient (Wildman–Crippen LogP) is 4.58. The Kier molecular flexibility index (Phi) is 7.60. The van der Waals surface area contributed by atoms with E-state index in [1.165, 1.54) is 11.3 Å². The highest BCUT2D eigenvalue weighted by atomic mass is 35.5. The van der Waals surface area contributed by atoms with E-state index in [4.69, 9.17) is 9.72 Å². The van der Waals surface area contributed by atoms with Crippen molar-refractivity contribution >= 4 is 56.0 Å². The summed E-state index contributed by atoms with van der Waals surface area (Å²) >= 11 is 1.50. The fraction of sp³-hybridized carbons (Fsp3) is 0.304. The molecule has 32 heavy (non-hydrogen) atoms. The minimum atomic E-state index is -0.201. The molecule has 0 saturated carbocycles. The van der Waals surface area contributed by atoms with Crippen molar-refractivity contribution in [3.8, 4) is 5.75 Å². The topological polar surface area (TPSA) is 71.5 Å². The molecule has 0 aliphatic carbocycles. The summed E-state index contributed by atoms with van der Waals surface area (Å²) in [5.41, 5.74) is 3.65. The van der Waals surface area contributed by atoms with E-state index in [1.54, 1.807) is 18.2 Å². The van der Waals surface area contributed by atoms with Gasteiger partial charge in [0, 0.05) is 6.54 Å². The van der Waals surface area contributed by atoms with Crippen molar-refractivity contribution < 1.29 is 9.53 Å². The van der Waals surface area contributed by atoms with E-state index < -0.39 is 0 Å². The molecule has 9 heteroatoms. The molecular weight excluding hydrogens is 446 g/mol. The van der Waals surface area contributed by atoms with Crippen LogP contribution < -0.4 is 9.64 Å². The lowest BCUT2D eigenvalue weighted by Crippen LogP contribution is -2.34. The van der Waals surface area contributed by atoms with E-state index in [0.717, 1.165) is 34.3 Å². The first kappa shape index (κ1) is 23.8. The smallest absolute Gasteiger partial charge is 0.280 e. The Balaban J connectivity index is 0.00000289. The quantitative estimate of drug-likeness (QED) is 0.393. The maximum atomic E-state index is 13.5. The molecule has 0 aliphatic heterocycles. The van der Waals surface area contributed by atoms with Crippen LogP contribution in [-0.4, -0.2) is 60.1 Å². The summed E-state index contributed by atoms with van der Waals surface area (Å²) in [5.74, 6) is 0.502. The van der Waals surface area contributed by atoms with E-state index in [1.807, 2.05) is 57.4 Å². The van der Waals surface area contributed by atoms with Crippen LogP contribution >= 0.6 is 23.7 Å². The van der Waals surface area contributed by atoms with Gasteiger partial charge in [-0.25, -0.2) is 9.97 Å². The Bertz CT molecular complexity index is 1240. The molecule has 0 fully saturated rings. The highest BCUT2D eigenvalue weighted by molar-refractivity contribution is 7.22. The third-order valence-corrected chi connectivity index (χ3v) is 6.26. The van der Waals surface area contributed by atoms with Gasteiger partial charge in [-0.15, -0.1) is 12.4 Å². The fourth-order valence-electron chi connectivity index (χ4n) is 3.41. The van der Waals surface area contributed by atoms with E-state index >= 15 is 0 Å².